The average molecular weight is 323 g/mol. The minimum Gasteiger partial charge on any atom is -0.326 e. The molecule has 2 rings (SSSR count). The third kappa shape index (κ3) is 5.09. The Hall–Kier alpha value is -1.47. The highest BCUT2D eigenvalue weighted by atomic mass is 32.2. The van der Waals surface area contributed by atoms with Gasteiger partial charge in [-0.1, -0.05) is 23.5 Å². The number of nitrogens with zero attached hydrogens (tertiary/aromatic N) is 1. The van der Waals surface area contributed by atoms with E-state index in [1.54, 1.807) is 36.0 Å². The van der Waals surface area contributed by atoms with Gasteiger partial charge in [0.1, 0.15) is 4.38 Å². The van der Waals surface area contributed by atoms with Crippen molar-refractivity contribution in [3.63, 3.8) is 0 Å². The standard InChI is InChI=1S/C14H17N3O2S2/c1-9(21-14-15-7-8-20-14)13(19)17-12-5-3-11(4-6-12)16-10(2)18/h3-6,9H,7-8H2,1-2H3,(H,16,18)(H,17,19). The largest absolute Gasteiger partial charge is 0.326 e. The summed E-state index contributed by atoms with van der Waals surface area (Å²) < 4.78 is 0.985. The van der Waals surface area contributed by atoms with Crippen LogP contribution in [0.15, 0.2) is 29.3 Å². The molecule has 2 amide bonds. The van der Waals surface area contributed by atoms with Gasteiger partial charge in [-0.05, 0) is 31.2 Å². The summed E-state index contributed by atoms with van der Waals surface area (Å²) in [6.45, 7) is 4.16. The van der Waals surface area contributed by atoms with Crippen LogP contribution in [0, 0.1) is 0 Å². The molecule has 1 heterocycles. The summed E-state index contributed by atoms with van der Waals surface area (Å²) in [5.41, 5.74) is 1.42. The number of carbonyl (C=O) groups is 2. The minimum absolute atomic E-state index is 0.0533. The highest BCUT2D eigenvalue weighted by Crippen LogP contribution is 2.26. The Bertz CT molecular complexity index is 558. The van der Waals surface area contributed by atoms with Gasteiger partial charge < -0.3 is 10.6 Å². The average Bonchev–Trinajstić information content (AvgIpc) is 2.93. The third-order valence-electron chi connectivity index (χ3n) is 2.68. The number of hydrogen-bond acceptors (Lipinski definition) is 5. The summed E-state index contributed by atoms with van der Waals surface area (Å²) in [4.78, 5) is 27.4. The van der Waals surface area contributed by atoms with Gasteiger partial charge in [0.25, 0.3) is 0 Å². The van der Waals surface area contributed by atoms with Gasteiger partial charge in [0.05, 0.1) is 11.8 Å². The van der Waals surface area contributed by atoms with Crippen LogP contribution in [-0.2, 0) is 9.59 Å². The fraction of sp³-hybridized carbons (Fsp3) is 0.357. The number of nitrogens with one attached hydrogen (secondary N) is 2. The molecule has 5 nitrogen and oxygen atoms in total. The number of hydrogen-bond donors (Lipinski definition) is 2. The van der Waals surface area contributed by atoms with Gasteiger partial charge in [-0.15, -0.1) is 0 Å². The smallest absolute Gasteiger partial charge is 0.237 e. The zero-order chi connectivity index (χ0) is 15.2. The lowest BCUT2D eigenvalue weighted by atomic mass is 10.2. The third-order valence-corrected chi connectivity index (χ3v) is 4.98. The van der Waals surface area contributed by atoms with Crippen molar-refractivity contribution in [3.8, 4) is 0 Å². The number of thioether (sulfide) groups is 2. The molecular weight excluding hydrogens is 306 g/mol. The molecule has 1 aromatic rings. The van der Waals surface area contributed by atoms with Crippen molar-refractivity contribution in [3.05, 3.63) is 24.3 Å². The summed E-state index contributed by atoms with van der Waals surface area (Å²) in [6, 6.07) is 7.04. The Morgan fingerprint density at radius 2 is 1.86 bits per heavy atom. The summed E-state index contributed by atoms with van der Waals surface area (Å²) in [7, 11) is 0. The second-order valence-electron chi connectivity index (χ2n) is 4.50. The predicted octanol–water partition coefficient (Wildman–Crippen LogP) is 2.81. The molecule has 0 saturated carbocycles. The van der Waals surface area contributed by atoms with Gasteiger partial charge in [0, 0.05) is 24.1 Å². The Morgan fingerprint density at radius 1 is 1.24 bits per heavy atom. The van der Waals surface area contributed by atoms with Crippen LogP contribution in [0.2, 0.25) is 0 Å². The molecule has 0 saturated heterocycles. The van der Waals surface area contributed by atoms with E-state index < -0.39 is 0 Å². The van der Waals surface area contributed by atoms with E-state index in [4.69, 9.17) is 0 Å². The zero-order valence-corrected chi connectivity index (χ0v) is 13.5. The summed E-state index contributed by atoms with van der Waals surface area (Å²) in [6.07, 6.45) is 0. The van der Waals surface area contributed by atoms with E-state index in [2.05, 4.69) is 15.6 Å². The van der Waals surface area contributed by atoms with E-state index >= 15 is 0 Å². The summed E-state index contributed by atoms with van der Waals surface area (Å²) >= 11 is 3.18. The number of rotatable bonds is 4. The molecule has 21 heavy (non-hydrogen) atoms. The molecule has 1 atom stereocenters. The van der Waals surface area contributed by atoms with Gasteiger partial charge in [-0.2, -0.15) is 0 Å². The van der Waals surface area contributed by atoms with E-state index in [1.807, 2.05) is 6.92 Å². The molecule has 0 aliphatic carbocycles. The monoisotopic (exact) mass is 323 g/mol. The first-order valence-electron chi connectivity index (χ1n) is 6.57. The molecule has 0 aromatic heterocycles. The number of benzene rings is 1. The lowest BCUT2D eigenvalue weighted by Crippen LogP contribution is -2.23. The Kier molecular flexibility index (Phi) is 5.69. The van der Waals surface area contributed by atoms with Crippen molar-refractivity contribution in [2.45, 2.75) is 19.1 Å². The van der Waals surface area contributed by atoms with Gasteiger partial charge >= 0.3 is 0 Å². The molecule has 0 spiro atoms. The van der Waals surface area contributed by atoms with Gasteiger partial charge in [-0.3, -0.25) is 14.6 Å². The summed E-state index contributed by atoms with van der Waals surface area (Å²) in [5.74, 6) is 0.829. The topological polar surface area (TPSA) is 70.6 Å². The van der Waals surface area contributed by atoms with Crippen LogP contribution in [0.1, 0.15) is 13.8 Å². The van der Waals surface area contributed by atoms with Crippen LogP contribution in [0.3, 0.4) is 0 Å². The fourth-order valence-corrected chi connectivity index (χ4v) is 3.80. The van der Waals surface area contributed by atoms with Crippen LogP contribution in [0.25, 0.3) is 0 Å². The Morgan fingerprint density at radius 3 is 2.38 bits per heavy atom. The predicted molar refractivity (Wildman–Crippen MR) is 91.2 cm³/mol. The first-order chi connectivity index (χ1) is 10.0. The molecule has 1 aromatic carbocycles. The normalized spacial score (nSPS) is 15.2. The fourth-order valence-electron chi connectivity index (χ4n) is 1.68. The molecule has 7 heteroatoms. The maximum atomic E-state index is 12.1. The van der Waals surface area contributed by atoms with Crippen molar-refractivity contribution in [1.29, 1.82) is 0 Å². The molecule has 112 valence electrons. The zero-order valence-electron chi connectivity index (χ0n) is 11.9. The quantitative estimate of drug-likeness (QED) is 0.894. The molecule has 2 N–H and O–H groups in total. The molecule has 1 aliphatic heterocycles. The van der Waals surface area contributed by atoms with Crippen molar-refractivity contribution >= 4 is 51.1 Å². The van der Waals surface area contributed by atoms with Crippen LogP contribution >= 0.6 is 23.5 Å². The van der Waals surface area contributed by atoms with Crippen LogP contribution in [0.5, 0.6) is 0 Å². The van der Waals surface area contributed by atoms with E-state index in [1.165, 1.54) is 18.7 Å². The SMILES string of the molecule is CC(=O)Nc1ccc(NC(=O)C(C)SC2=NCCS2)cc1. The number of amides is 2. The number of anilines is 2. The highest BCUT2D eigenvalue weighted by Gasteiger charge is 2.18. The lowest BCUT2D eigenvalue weighted by Gasteiger charge is -2.12. The van der Waals surface area contributed by atoms with Crippen LogP contribution in [-0.4, -0.2) is 33.7 Å². The van der Waals surface area contributed by atoms with Crippen molar-refractivity contribution < 1.29 is 9.59 Å². The number of carbonyl (C=O) groups excluding carboxylic acids is 2. The maximum absolute atomic E-state index is 12.1. The minimum atomic E-state index is -0.190. The second kappa shape index (κ2) is 7.51. The molecular formula is C14H17N3O2S2. The molecule has 0 fully saturated rings. The lowest BCUT2D eigenvalue weighted by molar-refractivity contribution is -0.115. The molecule has 0 bridgehead atoms. The van der Waals surface area contributed by atoms with E-state index in [9.17, 15) is 9.59 Å². The molecule has 0 radical (unpaired) electrons. The first kappa shape index (κ1) is 15.9. The van der Waals surface area contributed by atoms with Crippen LogP contribution in [0.4, 0.5) is 11.4 Å². The summed E-state index contributed by atoms with van der Waals surface area (Å²) in [5, 5.41) is 5.35. The van der Waals surface area contributed by atoms with Crippen molar-refractivity contribution in [1.82, 2.24) is 0 Å². The van der Waals surface area contributed by atoms with E-state index in [0.717, 1.165) is 16.7 Å². The van der Waals surface area contributed by atoms with E-state index in [0.29, 0.717) is 11.4 Å². The van der Waals surface area contributed by atoms with Gasteiger partial charge in [0.15, 0.2) is 0 Å². The maximum Gasteiger partial charge on any atom is 0.237 e. The Balaban J connectivity index is 1.87. The second-order valence-corrected chi connectivity index (χ2v) is 7.18. The van der Waals surface area contributed by atoms with Gasteiger partial charge in [0.2, 0.25) is 11.8 Å². The first-order valence-corrected chi connectivity index (χ1v) is 8.43. The highest BCUT2D eigenvalue weighted by molar-refractivity contribution is 8.39. The van der Waals surface area contributed by atoms with Crippen molar-refractivity contribution in [2.75, 3.05) is 22.9 Å². The van der Waals surface area contributed by atoms with Crippen molar-refractivity contribution in [2.24, 2.45) is 4.99 Å². The molecule has 1 unspecified atom stereocenters. The van der Waals surface area contributed by atoms with Crippen LogP contribution < -0.4 is 10.6 Å². The molecule has 1 aliphatic rings. The Labute approximate surface area is 132 Å². The van der Waals surface area contributed by atoms with E-state index in [-0.39, 0.29) is 17.1 Å². The number of aliphatic imine (C=N–C) groups is 1. The van der Waals surface area contributed by atoms with Gasteiger partial charge in [-0.25, -0.2) is 0 Å².